The molecule has 0 fully saturated rings. The molecule has 0 aliphatic heterocycles. The molecule has 3 nitrogen and oxygen atoms in total. The molecule has 0 saturated carbocycles. The zero-order valence-corrected chi connectivity index (χ0v) is 9.92. The van der Waals surface area contributed by atoms with Gasteiger partial charge in [0.1, 0.15) is 5.60 Å². The number of ether oxygens (including phenoxy) is 2. The van der Waals surface area contributed by atoms with Crippen LogP contribution in [0.25, 0.3) is 0 Å². The van der Waals surface area contributed by atoms with Gasteiger partial charge in [0, 0.05) is 6.42 Å². The highest BCUT2D eigenvalue weighted by molar-refractivity contribution is 5.69. The molecule has 0 aliphatic rings. The Kier molecular flexibility index (Phi) is 5.77. The van der Waals surface area contributed by atoms with Gasteiger partial charge >= 0.3 is 5.97 Å². The van der Waals surface area contributed by atoms with Gasteiger partial charge in [0.2, 0.25) is 0 Å². The van der Waals surface area contributed by atoms with Crippen LogP contribution in [0.3, 0.4) is 0 Å². The van der Waals surface area contributed by atoms with Gasteiger partial charge in [-0.1, -0.05) is 6.92 Å². The van der Waals surface area contributed by atoms with Crippen LogP contribution < -0.4 is 0 Å². The van der Waals surface area contributed by atoms with Crippen molar-refractivity contribution in [2.45, 2.75) is 59.2 Å². The van der Waals surface area contributed by atoms with E-state index in [9.17, 15) is 4.79 Å². The summed E-state index contributed by atoms with van der Waals surface area (Å²) in [6.45, 7) is 10.1. The first-order chi connectivity index (χ1) is 6.37. The number of carbonyl (C=O) groups excluding carboxylic acids is 1. The first-order valence-electron chi connectivity index (χ1n) is 5.21. The van der Waals surface area contributed by atoms with Crippen LogP contribution in [0.5, 0.6) is 0 Å². The third kappa shape index (κ3) is 6.89. The molecule has 0 N–H and O–H groups in total. The van der Waals surface area contributed by atoms with Crippen molar-refractivity contribution in [1.82, 2.24) is 0 Å². The first-order valence-corrected chi connectivity index (χ1v) is 5.21. The Morgan fingerprint density at radius 2 is 1.93 bits per heavy atom. The van der Waals surface area contributed by atoms with E-state index in [1.807, 2.05) is 34.6 Å². The molecule has 0 saturated heterocycles. The molecular weight excluding hydrogens is 180 g/mol. The number of hydrogen-bond acceptors (Lipinski definition) is 3. The van der Waals surface area contributed by atoms with E-state index in [2.05, 4.69) is 0 Å². The fourth-order valence-corrected chi connectivity index (χ4v) is 0.960. The molecule has 0 amide bonds. The molecule has 0 spiro atoms. The van der Waals surface area contributed by atoms with Gasteiger partial charge in [-0.05, 0) is 34.1 Å². The van der Waals surface area contributed by atoms with Crippen LogP contribution in [-0.4, -0.2) is 24.3 Å². The molecule has 0 rings (SSSR count). The number of rotatable bonds is 6. The van der Waals surface area contributed by atoms with Gasteiger partial charge in [-0.3, -0.25) is 4.79 Å². The standard InChI is InChI=1S/C11H22O3/c1-6-7-10(12)14-11(4,5)8-13-9(2)3/h9H,6-8H2,1-5H3. The summed E-state index contributed by atoms with van der Waals surface area (Å²) in [5.41, 5.74) is -0.517. The Morgan fingerprint density at radius 1 is 1.36 bits per heavy atom. The molecule has 0 radical (unpaired) electrons. The minimum atomic E-state index is -0.517. The van der Waals surface area contributed by atoms with Crippen LogP contribution >= 0.6 is 0 Å². The highest BCUT2D eigenvalue weighted by Gasteiger charge is 2.23. The predicted octanol–water partition coefficient (Wildman–Crippen LogP) is 2.53. The molecular formula is C11H22O3. The van der Waals surface area contributed by atoms with Crippen LogP contribution in [0.2, 0.25) is 0 Å². The lowest BCUT2D eigenvalue weighted by Crippen LogP contribution is -2.34. The van der Waals surface area contributed by atoms with Gasteiger partial charge < -0.3 is 9.47 Å². The summed E-state index contributed by atoms with van der Waals surface area (Å²) in [4.78, 5) is 11.2. The average molecular weight is 202 g/mol. The van der Waals surface area contributed by atoms with Gasteiger partial charge in [0.05, 0.1) is 12.7 Å². The van der Waals surface area contributed by atoms with E-state index in [0.717, 1.165) is 6.42 Å². The summed E-state index contributed by atoms with van der Waals surface area (Å²) in [7, 11) is 0. The van der Waals surface area contributed by atoms with Gasteiger partial charge in [-0.2, -0.15) is 0 Å². The normalized spacial score (nSPS) is 11.9. The summed E-state index contributed by atoms with van der Waals surface area (Å²) in [5.74, 6) is -0.148. The minimum Gasteiger partial charge on any atom is -0.457 e. The summed E-state index contributed by atoms with van der Waals surface area (Å²) < 4.78 is 10.7. The van der Waals surface area contributed by atoms with Gasteiger partial charge in [0.15, 0.2) is 0 Å². The molecule has 84 valence electrons. The second-order valence-corrected chi connectivity index (χ2v) is 4.34. The Balaban J connectivity index is 3.87. The average Bonchev–Trinajstić information content (AvgIpc) is 2.00. The molecule has 0 heterocycles. The zero-order valence-electron chi connectivity index (χ0n) is 9.92. The summed E-state index contributed by atoms with van der Waals surface area (Å²) in [6.07, 6.45) is 1.46. The molecule has 0 aromatic rings. The van der Waals surface area contributed by atoms with Crippen LogP contribution in [-0.2, 0) is 14.3 Å². The Morgan fingerprint density at radius 3 is 2.36 bits per heavy atom. The molecule has 0 atom stereocenters. The second-order valence-electron chi connectivity index (χ2n) is 4.34. The number of hydrogen-bond donors (Lipinski definition) is 0. The molecule has 0 aromatic heterocycles. The van der Waals surface area contributed by atoms with Crippen molar-refractivity contribution in [3.8, 4) is 0 Å². The van der Waals surface area contributed by atoms with E-state index >= 15 is 0 Å². The lowest BCUT2D eigenvalue weighted by molar-refractivity contribution is -0.163. The maximum absolute atomic E-state index is 11.2. The van der Waals surface area contributed by atoms with Crippen LogP contribution in [0.1, 0.15) is 47.5 Å². The van der Waals surface area contributed by atoms with Crippen molar-refractivity contribution in [3.63, 3.8) is 0 Å². The highest BCUT2D eigenvalue weighted by Crippen LogP contribution is 2.12. The van der Waals surface area contributed by atoms with E-state index in [0.29, 0.717) is 13.0 Å². The van der Waals surface area contributed by atoms with Crippen LogP contribution in [0.15, 0.2) is 0 Å². The van der Waals surface area contributed by atoms with Crippen molar-refractivity contribution < 1.29 is 14.3 Å². The molecule has 0 aliphatic carbocycles. The third-order valence-electron chi connectivity index (χ3n) is 1.61. The fourth-order valence-electron chi connectivity index (χ4n) is 0.960. The maximum Gasteiger partial charge on any atom is 0.306 e. The summed E-state index contributed by atoms with van der Waals surface area (Å²) in [6, 6.07) is 0. The largest absolute Gasteiger partial charge is 0.457 e. The smallest absolute Gasteiger partial charge is 0.306 e. The van der Waals surface area contributed by atoms with Crippen molar-refractivity contribution in [1.29, 1.82) is 0 Å². The minimum absolute atomic E-state index is 0.148. The monoisotopic (exact) mass is 202 g/mol. The lowest BCUT2D eigenvalue weighted by Gasteiger charge is -2.25. The maximum atomic E-state index is 11.2. The highest BCUT2D eigenvalue weighted by atomic mass is 16.6. The van der Waals surface area contributed by atoms with Crippen molar-refractivity contribution in [2.24, 2.45) is 0 Å². The lowest BCUT2D eigenvalue weighted by atomic mass is 10.1. The Labute approximate surface area is 86.8 Å². The molecule has 3 heteroatoms. The SMILES string of the molecule is CCCC(=O)OC(C)(C)COC(C)C. The van der Waals surface area contributed by atoms with E-state index in [-0.39, 0.29) is 12.1 Å². The fraction of sp³-hybridized carbons (Fsp3) is 0.909. The molecule has 0 aromatic carbocycles. The van der Waals surface area contributed by atoms with E-state index in [4.69, 9.17) is 9.47 Å². The molecule has 14 heavy (non-hydrogen) atoms. The Bertz CT molecular complexity index is 173. The van der Waals surface area contributed by atoms with E-state index in [1.54, 1.807) is 0 Å². The molecule has 0 bridgehead atoms. The first kappa shape index (κ1) is 13.4. The number of carbonyl (C=O) groups is 1. The third-order valence-corrected chi connectivity index (χ3v) is 1.61. The van der Waals surface area contributed by atoms with Crippen LogP contribution in [0, 0.1) is 0 Å². The summed E-state index contributed by atoms with van der Waals surface area (Å²) in [5, 5.41) is 0. The second kappa shape index (κ2) is 6.02. The van der Waals surface area contributed by atoms with Gasteiger partial charge in [0.25, 0.3) is 0 Å². The molecule has 0 unspecified atom stereocenters. The van der Waals surface area contributed by atoms with Gasteiger partial charge in [-0.25, -0.2) is 0 Å². The van der Waals surface area contributed by atoms with E-state index in [1.165, 1.54) is 0 Å². The van der Waals surface area contributed by atoms with E-state index < -0.39 is 5.60 Å². The topological polar surface area (TPSA) is 35.5 Å². The zero-order chi connectivity index (χ0) is 11.2. The van der Waals surface area contributed by atoms with Crippen LogP contribution in [0.4, 0.5) is 0 Å². The number of esters is 1. The quantitative estimate of drug-likeness (QED) is 0.621. The van der Waals surface area contributed by atoms with Crippen molar-refractivity contribution >= 4 is 5.97 Å². The van der Waals surface area contributed by atoms with Crippen molar-refractivity contribution in [2.75, 3.05) is 6.61 Å². The predicted molar refractivity (Wildman–Crippen MR) is 56.2 cm³/mol. The van der Waals surface area contributed by atoms with Gasteiger partial charge in [-0.15, -0.1) is 0 Å². The summed E-state index contributed by atoms with van der Waals surface area (Å²) >= 11 is 0. The van der Waals surface area contributed by atoms with Crippen molar-refractivity contribution in [3.05, 3.63) is 0 Å². The Hall–Kier alpha value is -0.570.